The summed E-state index contributed by atoms with van der Waals surface area (Å²) in [7, 11) is 2.15. The van der Waals surface area contributed by atoms with Crippen molar-refractivity contribution < 1.29 is 24.9 Å². The highest BCUT2D eigenvalue weighted by molar-refractivity contribution is 7.99. The number of aliphatic carboxylic acids is 2. The number of hydrogen-bond acceptors (Lipinski definition) is 6. The van der Waals surface area contributed by atoms with E-state index in [1.807, 2.05) is 30.3 Å². The molecule has 2 aliphatic heterocycles. The Kier molecular flexibility index (Phi) is 8.33. The molecule has 4 rings (SSSR count). The summed E-state index contributed by atoms with van der Waals surface area (Å²) in [5, 5.41) is 27.6. The molecule has 0 spiro atoms. The molecule has 0 saturated carbocycles. The van der Waals surface area contributed by atoms with Crippen LogP contribution in [-0.2, 0) is 9.59 Å². The molecule has 1 fully saturated rings. The van der Waals surface area contributed by atoms with Crippen molar-refractivity contribution >= 4 is 35.3 Å². The van der Waals surface area contributed by atoms with Crippen molar-refractivity contribution in [3.8, 4) is 0 Å². The summed E-state index contributed by atoms with van der Waals surface area (Å²) in [6, 6.07) is 14.2. The van der Waals surface area contributed by atoms with Crippen LogP contribution in [0.2, 0.25) is 5.02 Å². The van der Waals surface area contributed by atoms with Crippen LogP contribution in [0.25, 0.3) is 0 Å². The molecule has 32 heavy (non-hydrogen) atoms. The average molecular weight is 477 g/mol. The molecule has 0 aliphatic carbocycles. The molecule has 0 amide bonds. The largest absolute Gasteiger partial charge is 0.478 e. The van der Waals surface area contributed by atoms with Gasteiger partial charge in [0, 0.05) is 53.1 Å². The molecule has 2 aliphatic rings. The minimum absolute atomic E-state index is 0.0523. The molecule has 0 radical (unpaired) electrons. The maximum absolute atomic E-state index is 11.2. The number of aliphatic hydroxyl groups excluding tert-OH is 1. The molecule has 2 atom stereocenters. The van der Waals surface area contributed by atoms with E-state index < -0.39 is 18.0 Å². The zero-order valence-corrected chi connectivity index (χ0v) is 19.1. The van der Waals surface area contributed by atoms with Crippen LogP contribution in [0, 0.1) is 0 Å². The number of nitrogens with zero attached hydrogens (tertiary/aromatic N) is 2. The highest BCUT2D eigenvalue weighted by Gasteiger charge is 2.35. The van der Waals surface area contributed by atoms with Crippen molar-refractivity contribution in [3.05, 3.63) is 70.8 Å². The maximum atomic E-state index is 11.2. The lowest BCUT2D eigenvalue weighted by atomic mass is 9.94. The van der Waals surface area contributed by atoms with E-state index in [-0.39, 0.29) is 6.04 Å². The lowest BCUT2D eigenvalue weighted by Crippen LogP contribution is -2.47. The maximum Gasteiger partial charge on any atom is 0.328 e. The first-order chi connectivity index (χ1) is 15.3. The quantitative estimate of drug-likeness (QED) is 0.578. The monoisotopic (exact) mass is 476 g/mol. The van der Waals surface area contributed by atoms with E-state index in [0.717, 1.165) is 47.2 Å². The second kappa shape index (κ2) is 11.0. The lowest BCUT2D eigenvalue weighted by molar-refractivity contribution is -0.134. The zero-order valence-electron chi connectivity index (χ0n) is 17.5. The Hall–Kier alpha value is -2.36. The third kappa shape index (κ3) is 6.11. The van der Waals surface area contributed by atoms with E-state index in [4.69, 9.17) is 21.8 Å². The first kappa shape index (κ1) is 24.3. The summed E-state index contributed by atoms with van der Waals surface area (Å²) in [6.07, 6.45) is 0.571. The smallest absolute Gasteiger partial charge is 0.328 e. The molecule has 0 bridgehead atoms. The van der Waals surface area contributed by atoms with E-state index in [1.54, 1.807) is 11.8 Å². The number of carboxylic acid groups (broad SMARTS) is 2. The van der Waals surface area contributed by atoms with Crippen LogP contribution in [0.15, 0.2) is 64.4 Å². The Labute approximate surface area is 195 Å². The van der Waals surface area contributed by atoms with Crippen LogP contribution >= 0.6 is 23.4 Å². The number of carbonyl (C=O) groups is 2. The van der Waals surface area contributed by atoms with Crippen molar-refractivity contribution in [2.45, 2.75) is 21.9 Å². The van der Waals surface area contributed by atoms with Gasteiger partial charge in [-0.1, -0.05) is 41.6 Å². The van der Waals surface area contributed by atoms with Crippen LogP contribution in [0.5, 0.6) is 0 Å². The molecule has 2 aromatic rings. The van der Waals surface area contributed by atoms with Gasteiger partial charge >= 0.3 is 11.9 Å². The molecule has 170 valence electrons. The van der Waals surface area contributed by atoms with Gasteiger partial charge in [0.05, 0.1) is 12.1 Å². The van der Waals surface area contributed by atoms with Crippen molar-refractivity contribution in [3.63, 3.8) is 0 Å². The van der Waals surface area contributed by atoms with Crippen molar-refractivity contribution in [1.82, 2.24) is 9.80 Å². The van der Waals surface area contributed by atoms with Gasteiger partial charge in [0.1, 0.15) is 0 Å². The van der Waals surface area contributed by atoms with Gasteiger partial charge in [-0.2, -0.15) is 0 Å². The van der Waals surface area contributed by atoms with Crippen LogP contribution in [0.1, 0.15) is 23.3 Å². The number of aliphatic hydroxyl groups is 1. The zero-order chi connectivity index (χ0) is 23.3. The normalized spacial score (nSPS) is 21.1. The van der Waals surface area contributed by atoms with Gasteiger partial charge in [0.2, 0.25) is 0 Å². The van der Waals surface area contributed by atoms with Gasteiger partial charge < -0.3 is 20.2 Å². The fourth-order valence-electron chi connectivity index (χ4n) is 3.76. The Morgan fingerprint density at radius 1 is 0.969 bits per heavy atom. The van der Waals surface area contributed by atoms with E-state index >= 15 is 0 Å². The van der Waals surface area contributed by atoms with E-state index in [0.29, 0.717) is 12.2 Å². The minimum atomic E-state index is -1.26. The summed E-state index contributed by atoms with van der Waals surface area (Å²) in [6.45, 7) is 3.95. The highest BCUT2D eigenvalue weighted by atomic mass is 35.5. The Morgan fingerprint density at radius 2 is 1.56 bits per heavy atom. The molecule has 1 saturated heterocycles. The molecule has 0 aromatic heterocycles. The minimum Gasteiger partial charge on any atom is -0.478 e. The van der Waals surface area contributed by atoms with Crippen molar-refractivity contribution in [2.75, 3.05) is 33.2 Å². The summed E-state index contributed by atoms with van der Waals surface area (Å²) < 4.78 is 0. The molecule has 3 N–H and O–H groups in total. The average Bonchev–Trinajstić information content (AvgIpc) is 2.87. The van der Waals surface area contributed by atoms with E-state index in [1.165, 1.54) is 4.90 Å². The van der Waals surface area contributed by atoms with Crippen LogP contribution < -0.4 is 0 Å². The van der Waals surface area contributed by atoms with Gasteiger partial charge in [-0.15, -0.1) is 0 Å². The highest BCUT2D eigenvalue weighted by Crippen LogP contribution is 2.48. The number of hydrogen-bond donors (Lipinski definition) is 3. The second-order valence-corrected chi connectivity index (χ2v) is 9.08. The third-order valence-corrected chi connectivity index (χ3v) is 6.77. The van der Waals surface area contributed by atoms with E-state index in [9.17, 15) is 14.7 Å². The third-order valence-electron chi connectivity index (χ3n) is 5.35. The number of carboxylic acids is 2. The van der Waals surface area contributed by atoms with Gasteiger partial charge in [0.25, 0.3) is 0 Å². The molecular formula is C23H25ClN2O5S. The fourth-order valence-corrected chi connectivity index (χ4v) is 5.06. The van der Waals surface area contributed by atoms with Crippen LogP contribution in [-0.4, -0.2) is 70.3 Å². The number of piperazine rings is 1. The molecule has 2 aromatic carbocycles. The van der Waals surface area contributed by atoms with Gasteiger partial charge in [0.15, 0.2) is 0 Å². The fraction of sp³-hybridized carbons (Fsp3) is 0.304. The van der Waals surface area contributed by atoms with Gasteiger partial charge in [-0.3, -0.25) is 4.90 Å². The summed E-state index contributed by atoms with van der Waals surface area (Å²) in [4.78, 5) is 26.2. The number of benzene rings is 2. The van der Waals surface area contributed by atoms with Gasteiger partial charge in [-0.05, 0) is 42.4 Å². The predicted octanol–water partition coefficient (Wildman–Crippen LogP) is 3.54. The van der Waals surface area contributed by atoms with E-state index in [2.05, 4.69) is 29.0 Å². The van der Waals surface area contributed by atoms with Gasteiger partial charge in [-0.25, -0.2) is 9.59 Å². The molecule has 2 heterocycles. The Balaban J connectivity index is 0.000000312. The summed E-state index contributed by atoms with van der Waals surface area (Å²) in [5.74, 6) is -2.51. The van der Waals surface area contributed by atoms with Crippen LogP contribution in [0.3, 0.4) is 0 Å². The summed E-state index contributed by atoms with van der Waals surface area (Å²) >= 11 is 8.03. The number of halogens is 1. The number of rotatable bonds is 3. The topological polar surface area (TPSA) is 101 Å². The SMILES string of the molecule is CN1CCN([C@H]2c3cc(Cl)ccc3Sc3ccccc3[C@@H]2O)CC1.O=C(O)/C=C/C(=O)O. The van der Waals surface area contributed by atoms with Crippen molar-refractivity contribution in [2.24, 2.45) is 0 Å². The standard InChI is InChI=1S/C19H21ClN2OS.C4H4O4/c1-21-8-10-22(11-9-21)18-15-12-13(20)6-7-17(15)24-16-5-3-2-4-14(16)19(18)23;5-3(6)1-2-4(7)8/h2-7,12,18-19,23H,8-11H2,1H3;1-2H,(H,5,6)(H,7,8)/b;2-1+/t18-,19-;/m0./s1. The van der Waals surface area contributed by atoms with Crippen molar-refractivity contribution in [1.29, 1.82) is 0 Å². The molecular weight excluding hydrogens is 452 g/mol. The molecule has 0 unspecified atom stereocenters. The Morgan fingerprint density at radius 3 is 2.19 bits per heavy atom. The number of likely N-dealkylation sites (N-methyl/N-ethyl adjacent to an activating group) is 1. The number of fused-ring (bicyclic) bond motifs is 2. The molecule has 7 nitrogen and oxygen atoms in total. The predicted molar refractivity (Wildman–Crippen MR) is 123 cm³/mol. The first-order valence-electron chi connectivity index (χ1n) is 10.1. The first-order valence-corrected chi connectivity index (χ1v) is 11.3. The lowest BCUT2D eigenvalue weighted by Gasteiger charge is -2.40. The van der Waals surface area contributed by atoms with Crippen LogP contribution in [0.4, 0.5) is 0 Å². The second-order valence-electron chi connectivity index (χ2n) is 7.56. The Bertz CT molecular complexity index is 992. The molecule has 9 heteroatoms. The summed E-state index contributed by atoms with van der Waals surface area (Å²) in [5.41, 5.74) is 2.15.